The fraction of sp³-hybridized carbons (Fsp3) is 0.586. The van der Waals surface area contributed by atoms with Crippen molar-refractivity contribution in [3.05, 3.63) is 46.6 Å². The lowest BCUT2D eigenvalue weighted by atomic mass is 9.82. The van der Waals surface area contributed by atoms with Crippen LogP contribution in [0.2, 0.25) is 0 Å². The van der Waals surface area contributed by atoms with Crippen LogP contribution in [-0.2, 0) is 16.1 Å². The lowest BCUT2D eigenvalue weighted by molar-refractivity contribution is 0.0455. The molecule has 1 saturated heterocycles. The molecule has 3 heterocycles. The number of tetrazole rings is 1. The number of aromatic nitrogens is 5. The number of rotatable bonds is 14. The summed E-state index contributed by atoms with van der Waals surface area (Å²) in [5.74, 6) is 1.91. The molecular formula is C29H41ClN10O2. The number of H-pyrrole nitrogens is 1. The number of halogens is 1. The molecule has 13 heteroatoms. The van der Waals surface area contributed by atoms with Gasteiger partial charge >= 0.3 is 0 Å². The molecule has 226 valence electrons. The van der Waals surface area contributed by atoms with E-state index in [0.29, 0.717) is 74.4 Å². The summed E-state index contributed by atoms with van der Waals surface area (Å²) in [4.78, 5) is 9.05. The Bertz CT molecular complexity index is 1240. The molecule has 4 N–H and O–H groups in total. The molecule has 0 unspecified atom stereocenters. The van der Waals surface area contributed by atoms with Crippen LogP contribution in [-0.4, -0.2) is 76.8 Å². The Morgan fingerprint density at radius 2 is 2.07 bits per heavy atom. The number of nitrogens with one attached hydrogen (secondary N) is 4. The van der Waals surface area contributed by atoms with Gasteiger partial charge in [-0.2, -0.15) is 10.5 Å². The average molecular weight is 597 g/mol. The quantitative estimate of drug-likeness (QED) is 0.186. The van der Waals surface area contributed by atoms with E-state index >= 15 is 0 Å². The van der Waals surface area contributed by atoms with Gasteiger partial charge in [0.05, 0.1) is 23.8 Å². The van der Waals surface area contributed by atoms with Gasteiger partial charge in [0.1, 0.15) is 18.2 Å². The summed E-state index contributed by atoms with van der Waals surface area (Å²) in [5.41, 5.74) is 1.04. The first-order valence-electron chi connectivity index (χ1n) is 14.5. The first-order chi connectivity index (χ1) is 20.4. The highest BCUT2D eigenvalue weighted by atomic mass is 35.5. The molecule has 0 bridgehead atoms. The number of nitrogens with zero attached hydrogens (tertiary/aromatic N) is 6. The summed E-state index contributed by atoms with van der Waals surface area (Å²) in [6, 6.07) is 9.16. The summed E-state index contributed by atoms with van der Waals surface area (Å²) in [6.45, 7) is 10.4. The zero-order chi connectivity index (χ0) is 29.8. The molecule has 2 aromatic rings. The second-order valence-corrected chi connectivity index (χ2v) is 11.6. The van der Waals surface area contributed by atoms with Crippen molar-refractivity contribution in [2.24, 2.45) is 10.4 Å². The van der Waals surface area contributed by atoms with Crippen molar-refractivity contribution in [2.45, 2.75) is 77.1 Å². The fourth-order valence-corrected chi connectivity index (χ4v) is 5.44. The normalized spacial score (nSPS) is 22.0. The van der Waals surface area contributed by atoms with Gasteiger partial charge in [-0.25, -0.2) is 9.98 Å². The molecule has 2 fully saturated rings. The standard InChI is InChI=1S/C29H41ClN10O2/c1-20(16-42-17-28-37-39-40-38-28)34-22-7-9-23(10-8-22)35-27(32-3)15-24(21(2)30)25-5-4-6-26(36-25)33-19-29(18-31)11-13-41-14-12-29/h4-6,15,20,22-23,34-35H,3,7-14,16-17,19H2,1-2H3,(H,33,36)(H,37,38,39,40)/b24-21-,27-15+/t20-,22?,23?/m0/s1. The van der Waals surface area contributed by atoms with Crippen molar-refractivity contribution in [3.63, 3.8) is 0 Å². The maximum absolute atomic E-state index is 9.77. The van der Waals surface area contributed by atoms with Gasteiger partial charge in [0.15, 0.2) is 5.82 Å². The minimum absolute atomic E-state index is 0.218. The Labute approximate surface area is 252 Å². The Morgan fingerprint density at radius 1 is 1.31 bits per heavy atom. The van der Waals surface area contributed by atoms with Gasteiger partial charge in [-0.3, -0.25) is 0 Å². The summed E-state index contributed by atoms with van der Waals surface area (Å²) < 4.78 is 11.1. The minimum atomic E-state index is -0.447. The van der Waals surface area contributed by atoms with Gasteiger partial charge in [0, 0.05) is 48.5 Å². The van der Waals surface area contributed by atoms with Crippen molar-refractivity contribution >= 4 is 29.7 Å². The number of allylic oxidation sites excluding steroid dienone is 3. The smallest absolute Gasteiger partial charge is 0.200 e. The Morgan fingerprint density at radius 3 is 2.74 bits per heavy atom. The average Bonchev–Trinajstić information content (AvgIpc) is 3.53. The molecule has 0 spiro atoms. The second-order valence-electron chi connectivity index (χ2n) is 11.0. The van der Waals surface area contributed by atoms with Crippen LogP contribution in [0.5, 0.6) is 0 Å². The highest BCUT2D eigenvalue weighted by molar-refractivity contribution is 6.32. The maximum atomic E-state index is 9.77. The summed E-state index contributed by atoms with van der Waals surface area (Å²) in [7, 11) is 0. The molecule has 1 saturated carbocycles. The zero-order valence-electron chi connectivity index (χ0n) is 24.4. The van der Waals surface area contributed by atoms with Gasteiger partial charge in [-0.05, 0) is 77.3 Å². The molecule has 12 nitrogen and oxygen atoms in total. The van der Waals surface area contributed by atoms with Crippen LogP contribution in [0.4, 0.5) is 5.82 Å². The maximum Gasteiger partial charge on any atom is 0.200 e. The van der Waals surface area contributed by atoms with Crippen molar-refractivity contribution in [1.82, 2.24) is 36.2 Å². The lowest BCUT2D eigenvalue weighted by Gasteiger charge is -2.32. The van der Waals surface area contributed by atoms with E-state index in [1.165, 1.54) is 0 Å². The minimum Gasteiger partial charge on any atom is -0.381 e. The van der Waals surface area contributed by atoms with Crippen molar-refractivity contribution in [1.29, 1.82) is 5.26 Å². The molecule has 0 amide bonds. The number of pyridine rings is 1. The molecular weight excluding hydrogens is 556 g/mol. The third-order valence-electron chi connectivity index (χ3n) is 7.73. The molecule has 0 radical (unpaired) electrons. The third-order valence-corrected chi connectivity index (χ3v) is 7.93. The van der Waals surface area contributed by atoms with Crippen LogP contribution < -0.4 is 16.0 Å². The van der Waals surface area contributed by atoms with Gasteiger partial charge in [0.25, 0.3) is 0 Å². The molecule has 1 atom stereocenters. The van der Waals surface area contributed by atoms with Crippen LogP contribution in [0.25, 0.3) is 5.57 Å². The van der Waals surface area contributed by atoms with Crippen molar-refractivity contribution in [2.75, 3.05) is 31.7 Å². The van der Waals surface area contributed by atoms with E-state index in [2.05, 4.69) is 61.3 Å². The first-order valence-corrected chi connectivity index (χ1v) is 14.9. The number of aliphatic imine (C=N–C) groups is 1. The topological polar surface area (TPSA) is 158 Å². The van der Waals surface area contributed by atoms with E-state index in [0.717, 1.165) is 37.0 Å². The molecule has 1 aliphatic carbocycles. The van der Waals surface area contributed by atoms with E-state index in [4.69, 9.17) is 26.1 Å². The predicted octanol–water partition coefficient (Wildman–Crippen LogP) is 3.93. The van der Waals surface area contributed by atoms with Gasteiger partial charge in [-0.1, -0.05) is 22.9 Å². The van der Waals surface area contributed by atoms with Crippen LogP contribution in [0, 0.1) is 16.7 Å². The number of ether oxygens (including phenoxy) is 2. The monoisotopic (exact) mass is 596 g/mol. The van der Waals surface area contributed by atoms with Crippen molar-refractivity contribution < 1.29 is 9.47 Å². The van der Waals surface area contributed by atoms with Crippen LogP contribution in [0.15, 0.2) is 40.1 Å². The lowest BCUT2D eigenvalue weighted by Crippen LogP contribution is -2.44. The number of nitriles is 1. The predicted molar refractivity (Wildman–Crippen MR) is 163 cm³/mol. The van der Waals surface area contributed by atoms with E-state index in [-0.39, 0.29) is 12.1 Å². The molecule has 0 aromatic carbocycles. The Kier molecular flexibility index (Phi) is 11.8. The largest absolute Gasteiger partial charge is 0.381 e. The van der Waals surface area contributed by atoms with Gasteiger partial charge in [0.2, 0.25) is 0 Å². The molecule has 1 aliphatic heterocycles. The van der Waals surface area contributed by atoms with Crippen LogP contribution in [0.3, 0.4) is 0 Å². The summed E-state index contributed by atoms with van der Waals surface area (Å²) in [5, 5.41) is 34.7. The summed E-state index contributed by atoms with van der Waals surface area (Å²) >= 11 is 6.55. The molecule has 2 aromatic heterocycles. The number of hydrogen-bond donors (Lipinski definition) is 4. The number of hydrogen-bond acceptors (Lipinski definition) is 11. The van der Waals surface area contributed by atoms with Crippen LogP contribution in [0.1, 0.15) is 63.9 Å². The number of anilines is 1. The van der Waals surface area contributed by atoms with E-state index < -0.39 is 5.41 Å². The highest BCUT2D eigenvalue weighted by Gasteiger charge is 2.32. The molecule has 42 heavy (non-hydrogen) atoms. The Hall–Kier alpha value is -3.37. The fourth-order valence-electron chi connectivity index (χ4n) is 5.29. The highest BCUT2D eigenvalue weighted by Crippen LogP contribution is 2.30. The van der Waals surface area contributed by atoms with Crippen LogP contribution >= 0.6 is 11.6 Å². The Balaban J connectivity index is 1.29. The SMILES string of the molecule is C=N/C(=C\C(=C(/C)Cl)c1cccc(NCC2(C#N)CCOCC2)n1)NC1CCC(N[C@@H](C)COCc2nn[nH]n2)CC1. The second kappa shape index (κ2) is 15.7. The molecule has 4 rings (SSSR count). The zero-order valence-corrected chi connectivity index (χ0v) is 25.2. The van der Waals surface area contributed by atoms with Gasteiger partial charge in [-0.15, -0.1) is 10.2 Å². The molecule has 2 aliphatic rings. The first kappa shape index (κ1) is 31.6. The van der Waals surface area contributed by atoms with E-state index in [9.17, 15) is 5.26 Å². The number of aromatic amines is 1. The van der Waals surface area contributed by atoms with Crippen molar-refractivity contribution in [3.8, 4) is 6.07 Å². The van der Waals surface area contributed by atoms with Gasteiger partial charge < -0.3 is 25.4 Å². The van der Waals surface area contributed by atoms with E-state index in [1.54, 1.807) is 0 Å². The van der Waals surface area contributed by atoms with E-state index in [1.807, 2.05) is 31.2 Å². The third kappa shape index (κ3) is 9.32. The summed E-state index contributed by atoms with van der Waals surface area (Å²) in [6.07, 6.45) is 7.41.